The third-order valence-corrected chi connectivity index (χ3v) is 3.93. The fraction of sp³-hybridized carbons (Fsp3) is 0.579. The number of hydrogen-bond donors (Lipinski definition) is 2. The van der Waals surface area contributed by atoms with Crippen molar-refractivity contribution in [2.45, 2.75) is 65.0 Å². The van der Waals surface area contributed by atoms with Gasteiger partial charge in [-0.05, 0) is 31.0 Å². The molecule has 2 unspecified atom stereocenters. The Morgan fingerprint density at radius 2 is 1.79 bits per heavy atom. The molecule has 2 atom stereocenters. The summed E-state index contributed by atoms with van der Waals surface area (Å²) in [6, 6.07) is 7.22. The Morgan fingerprint density at radius 1 is 1.12 bits per heavy atom. The van der Waals surface area contributed by atoms with Gasteiger partial charge in [0, 0.05) is 13.0 Å². The van der Waals surface area contributed by atoms with Crippen LogP contribution in [0.25, 0.3) is 0 Å². The number of methoxy groups -OCH3 is 1. The molecule has 0 saturated carbocycles. The highest BCUT2D eigenvalue weighted by atomic mass is 16.5. The molecular formula is C19H30N2O3. The number of ether oxygens (including phenoxy) is 1. The number of carbonyl (C=O) groups is 2. The predicted molar refractivity (Wildman–Crippen MR) is 95.9 cm³/mol. The number of amides is 2. The van der Waals surface area contributed by atoms with Gasteiger partial charge in [-0.3, -0.25) is 9.59 Å². The summed E-state index contributed by atoms with van der Waals surface area (Å²) in [5, 5.41) is 5.87. The maximum atomic E-state index is 12.3. The first kappa shape index (κ1) is 20.0. The van der Waals surface area contributed by atoms with E-state index in [1.165, 1.54) is 19.8 Å². The van der Waals surface area contributed by atoms with E-state index < -0.39 is 0 Å². The van der Waals surface area contributed by atoms with Crippen molar-refractivity contribution >= 4 is 11.8 Å². The second-order valence-electron chi connectivity index (χ2n) is 6.19. The van der Waals surface area contributed by atoms with Crippen molar-refractivity contribution in [1.29, 1.82) is 0 Å². The van der Waals surface area contributed by atoms with Crippen LogP contribution in [0.1, 0.15) is 64.5 Å². The molecule has 134 valence electrons. The van der Waals surface area contributed by atoms with Gasteiger partial charge in [-0.1, -0.05) is 38.3 Å². The maximum Gasteiger partial charge on any atom is 0.222 e. The molecule has 0 bridgehead atoms. The lowest BCUT2D eigenvalue weighted by Crippen LogP contribution is -2.36. The number of hydrogen-bond acceptors (Lipinski definition) is 3. The highest BCUT2D eigenvalue weighted by Crippen LogP contribution is 2.20. The number of rotatable bonds is 10. The minimum Gasteiger partial charge on any atom is -0.497 e. The van der Waals surface area contributed by atoms with Gasteiger partial charge in [-0.15, -0.1) is 0 Å². The third-order valence-electron chi connectivity index (χ3n) is 3.93. The molecule has 0 aliphatic carbocycles. The average Bonchev–Trinajstić information content (AvgIpc) is 2.54. The van der Waals surface area contributed by atoms with E-state index in [1.54, 1.807) is 7.11 Å². The standard InChI is InChI=1S/C19H30N2O3/c1-5-6-7-8-14(2)20-19(23)13-18(21-15(3)22)16-9-11-17(24-4)12-10-16/h9-12,14,18H,5-8,13H2,1-4H3,(H,20,23)(H,21,22). The lowest BCUT2D eigenvalue weighted by molar-refractivity contribution is -0.123. The molecule has 24 heavy (non-hydrogen) atoms. The minimum absolute atomic E-state index is 0.0476. The third kappa shape index (κ3) is 7.49. The van der Waals surface area contributed by atoms with Gasteiger partial charge >= 0.3 is 0 Å². The van der Waals surface area contributed by atoms with Crippen LogP contribution in [0.5, 0.6) is 5.75 Å². The number of carbonyl (C=O) groups excluding carboxylic acids is 2. The van der Waals surface area contributed by atoms with Gasteiger partial charge in [-0.2, -0.15) is 0 Å². The molecule has 0 radical (unpaired) electrons. The van der Waals surface area contributed by atoms with E-state index in [4.69, 9.17) is 4.74 Å². The quantitative estimate of drug-likeness (QED) is 0.645. The van der Waals surface area contributed by atoms with Crippen molar-refractivity contribution in [3.05, 3.63) is 29.8 Å². The van der Waals surface area contributed by atoms with Gasteiger partial charge in [0.15, 0.2) is 0 Å². The molecule has 0 spiro atoms. The average molecular weight is 334 g/mol. The lowest BCUT2D eigenvalue weighted by atomic mass is 10.0. The summed E-state index contributed by atoms with van der Waals surface area (Å²) in [7, 11) is 1.60. The first-order valence-electron chi connectivity index (χ1n) is 8.66. The normalized spacial score (nSPS) is 13.0. The van der Waals surface area contributed by atoms with Crippen molar-refractivity contribution in [1.82, 2.24) is 10.6 Å². The van der Waals surface area contributed by atoms with E-state index in [0.717, 1.165) is 24.2 Å². The molecule has 2 N–H and O–H groups in total. The Kier molecular flexibility index (Phi) is 8.90. The van der Waals surface area contributed by atoms with Crippen molar-refractivity contribution in [3.63, 3.8) is 0 Å². The van der Waals surface area contributed by atoms with Crippen LogP contribution in [0.4, 0.5) is 0 Å². The van der Waals surface area contributed by atoms with E-state index in [0.29, 0.717) is 0 Å². The summed E-state index contributed by atoms with van der Waals surface area (Å²) in [5.41, 5.74) is 0.889. The summed E-state index contributed by atoms with van der Waals surface area (Å²) in [6.45, 7) is 5.65. The molecule has 0 aliphatic heterocycles. The Bertz CT molecular complexity index is 514. The molecule has 1 aromatic rings. The molecular weight excluding hydrogens is 304 g/mol. The fourth-order valence-corrected chi connectivity index (χ4v) is 2.63. The smallest absolute Gasteiger partial charge is 0.222 e. The van der Waals surface area contributed by atoms with Crippen LogP contribution in [0.3, 0.4) is 0 Å². The van der Waals surface area contributed by atoms with Gasteiger partial charge in [-0.25, -0.2) is 0 Å². The molecule has 1 rings (SSSR count). The monoisotopic (exact) mass is 334 g/mol. The summed E-state index contributed by atoms with van der Waals surface area (Å²) < 4.78 is 5.14. The topological polar surface area (TPSA) is 67.4 Å². The second-order valence-corrected chi connectivity index (χ2v) is 6.19. The van der Waals surface area contributed by atoms with Crippen LogP contribution in [0.2, 0.25) is 0 Å². The SMILES string of the molecule is CCCCCC(C)NC(=O)CC(NC(C)=O)c1ccc(OC)cc1. The van der Waals surface area contributed by atoms with Crippen LogP contribution in [-0.2, 0) is 9.59 Å². The Balaban J connectivity index is 2.64. The van der Waals surface area contributed by atoms with Gasteiger partial charge < -0.3 is 15.4 Å². The number of nitrogens with one attached hydrogen (secondary N) is 2. The Labute approximate surface area is 145 Å². The Morgan fingerprint density at radius 3 is 2.33 bits per heavy atom. The lowest BCUT2D eigenvalue weighted by Gasteiger charge is -2.20. The second kappa shape index (κ2) is 10.7. The van der Waals surface area contributed by atoms with E-state index in [-0.39, 0.29) is 30.3 Å². The number of unbranched alkanes of at least 4 members (excludes halogenated alkanes) is 2. The Hall–Kier alpha value is -2.04. The largest absolute Gasteiger partial charge is 0.497 e. The van der Waals surface area contributed by atoms with Crippen molar-refractivity contribution in [2.24, 2.45) is 0 Å². The molecule has 5 heteroatoms. The molecule has 0 aromatic heterocycles. The first-order chi connectivity index (χ1) is 11.5. The van der Waals surface area contributed by atoms with Crippen LogP contribution in [-0.4, -0.2) is 25.0 Å². The van der Waals surface area contributed by atoms with Gasteiger partial charge in [0.1, 0.15) is 5.75 Å². The highest BCUT2D eigenvalue weighted by molar-refractivity contribution is 5.79. The minimum atomic E-state index is -0.337. The van der Waals surface area contributed by atoms with Crippen molar-refractivity contribution in [3.8, 4) is 5.75 Å². The molecule has 0 fully saturated rings. The highest BCUT2D eigenvalue weighted by Gasteiger charge is 2.18. The van der Waals surface area contributed by atoms with Gasteiger partial charge in [0.05, 0.1) is 19.6 Å². The maximum absolute atomic E-state index is 12.3. The van der Waals surface area contributed by atoms with Crippen LogP contribution in [0, 0.1) is 0 Å². The molecule has 2 amide bonds. The molecule has 0 saturated heterocycles. The van der Waals surface area contributed by atoms with E-state index >= 15 is 0 Å². The van der Waals surface area contributed by atoms with E-state index in [2.05, 4.69) is 17.6 Å². The molecule has 1 aromatic carbocycles. The van der Waals surface area contributed by atoms with Gasteiger partial charge in [0.25, 0.3) is 0 Å². The summed E-state index contributed by atoms with van der Waals surface area (Å²) in [4.78, 5) is 23.7. The summed E-state index contributed by atoms with van der Waals surface area (Å²) >= 11 is 0. The molecule has 5 nitrogen and oxygen atoms in total. The molecule has 0 heterocycles. The van der Waals surface area contributed by atoms with Crippen LogP contribution >= 0.6 is 0 Å². The predicted octanol–water partition coefficient (Wildman–Crippen LogP) is 3.35. The van der Waals surface area contributed by atoms with Crippen LogP contribution < -0.4 is 15.4 Å². The summed E-state index contributed by atoms with van der Waals surface area (Å²) in [6.07, 6.45) is 4.67. The van der Waals surface area contributed by atoms with E-state index in [1.807, 2.05) is 31.2 Å². The van der Waals surface area contributed by atoms with Crippen molar-refractivity contribution in [2.75, 3.05) is 7.11 Å². The first-order valence-corrected chi connectivity index (χ1v) is 8.66. The fourth-order valence-electron chi connectivity index (χ4n) is 2.63. The number of benzene rings is 1. The van der Waals surface area contributed by atoms with E-state index in [9.17, 15) is 9.59 Å². The zero-order valence-corrected chi connectivity index (χ0v) is 15.2. The molecule has 0 aliphatic rings. The summed E-state index contributed by atoms with van der Waals surface area (Å²) in [5.74, 6) is 0.544. The van der Waals surface area contributed by atoms with Crippen molar-refractivity contribution < 1.29 is 14.3 Å². The zero-order chi connectivity index (χ0) is 17.9. The van der Waals surface area contributed by atoms with Crippen LogP contribution in [0.15, 0.2) is 24.3 Å². The zero-order valence-electron chi connectivity index (χ0n) is 15.2. The van der Waals surface area contributed by atoms with Gasteiger partial charge in [0.2, 0.25) is 11.8 Å².